The summed E-state index contributed by atoms with van der Waals surface area (Å²) in [7, 11) is 0. The first-order valence-electron chi connectivity index (χ1n) is 13.5. The largest absolute Gasteiger partial charge is 0.511 e. The first kappa shape index (κ1) is 26.0. The van der Waals surface area contributed by atoms with Gasteiger partial charge in [0, 0.05) is 12.0 Å². The number of ketones is 3. The van der Waals surface area contributed by atoms with Crippen LogP contribution in [0.3, 0.4) is 0 Å². The van der Waals surface area contributed by atoms with Gasteiger partial charge in [-0.15, -0.1) is 0 Å². The van der Waals surface area contributed by atoms with Crippen LogP contribution in [0, 0.1) is 17.3 Å². The van der Waals surface area contributed by atoms with Gasteiger partial charge in [0.2, 0.25) is 0 Å². The molecular weight excluding hydrogens is 480 g/mol. The molecule has 2 aromatic rings. The number of hydrogen-bond acceptors (Lipinski definition) is 6. The molecule has 198 valence electrons. The maximum absolute atomic E-state index is 13.9. The Morgan fingerprint density at radius 2 is 1.71 bits per heavy atom. The van der Waals surface area contributed by atoms with E-state index < -0.39 is 28.7 Å². The van der Waals surface area contributed by atoms with Gasteiger partial charge in [-0.05, 0) is 79.7 Å². The average Bonchev–Trinajstić information content (AvgIpc) is 2.87. The SMILES string of the molecule is CCCCCc1ccc(-c2ccc(O)c3c2C[C@@H]2C[C@@H]4CC(O)=C(C(C)=O)C(=O)[C@]4(C)C(O)=C2C3=O)cc1. The molecule has 3 N–H and O–H groups in total. The lowest BCUT2D eigenvalue weighted by atomic mass is 9.55. The molecule has 0 saturated heterocycles. The molecule has 0 unspecified atom stereocenters. The fourth-order valence-corrected chi connectivity index (χ4v) is 6.69. The van der Waals surface area contributed by atoms with Crippen molar-refractivity contribution < 1.29 is 29.7 Å². The first-order chi connectivity index (χ1) is 18.1. The van der Waals surface area contributed by atoms with Crippen molar-refractivity contribution in [1.29, 1.82) is 0 Å². The van der Waals surface area contributed by atoms with E-state index in [0.717, 1.165) is 29.5 Å². The molecule has 0 spiro atoms. The van der Waals surface area contributed by atoms with E-state index in [-0.39, 0.29) is 46.3 Å². The Morgan fingerprint density at radius 1 is 1.00 bits per heavy atom. The third-order valence-electron chi connectivity index (χ3n) is 8.87. The Bertz CT molecular complexity index is 1410. The summed E-state index contributed by atoms with van der Waals surface area (Å²) in [6.45, 7) is 4.94. The van der Waals surface area contributed by atoms with E-state index in [1.54, 1.807) is 6.92 Å². The van der Waals surface area contributed by atoms with Crippen LogP contribution in [-0.4, -0.2) is 32.7 Å². The minimum atomic E-state index is -1.48. The molecule has 0 radical (unpaired) electrons. The number of carbonyl (C=O) groups excluding carboxylic acids is 3. The quantitative estimate of drug-likeness (QED) is 0.306. The summed E-state index contributed by atoms with van der Waals surface area (Å²) in [5.74, 6) is -3.28. The molecule has 3 aliphatic carbocycles. The van der Waals surface area contributed by atoms with Crippen LogP contribution in [0.25, 0.3) is 11.1 Å². The molecular formula is C32H34O6. The predicted molar refractivity (Wildman–Crippen MR) is 144 cm³/mol. The summed E-state index contributed by atoms with van der Waals surface area (Å²) in [4.78, 5) is 39.4. The Kier molecular flexibility index (Phi) is 6.54. The second-order valence-electron chi connectivity index (χ2n) is 11.2. The number of phenolic OH excluding ortho intramolecular Hbond substituents is 1. The highest BCUT2D eigenvalue weighted by atomic mass is 16.3. The molecule has 0 aromatic heterocycles. The molecule has 6 nitrogen and oxygen atoms in total. The van der Waals surface area contributed by atoms with Crippen LogP contribution >= 0.6 is 0 Å². The number of hydrogen-bond donors (Lipinski definition) is 3. The van der Waals surface area contributed by atoms with Gasteiger partial charge in [-0.2, -0.15) is 0 Å². The van der Waals surface area contributed by atoms with Crippen molar-refractivity contribution in [2.75, 3.05) is 0 Å². The number of aliphatic hydroxyl groups is 2. The smallest absolute Gasteiger partial charge is 0.196 e. The van der Waals surface area contributed by atoms with E-state index >= 15 is 0 Å². The van der Waals surface area contributed by atoms with Gasteiger partial charge in [0.15, 0.2) is 17.3 Å². The lowest BCUT2D eigenvalue weighted by Crippen LogP contribution is -2.49. The number of aryl methyl sites for hydroxylation is 1. The van der Waals surface area contributed by atoms with Crippen molar-refractivity contribution >= 4 is 17.3 Å². The number of fused-ring (bicyclic) bond motifs is 3. The number of aromatic hydroxyl groups is 1. The fraction of sp³-hybridized carbons (Fsp3) is 0.406. The van der Waals surface area contributed by atoms with Crippen LogP contribution in [0.15, 0.2) is 59.1 Å². The second kappa shape index (κ2) is 9.57. The molecule has 0 aliphatic heterocycles. The summed E-state index contributed by atoms with van der Waals surface area (Å²) in [6, 6.07) is 11.6. The highest BCUT2D eigenvalue weighted by Crippen LogP contribution is 2.56. The van der Waals surface area contributed by atoms with Crippen molar-refractivity contribution in [3.05, 3.63) is 75.8 Å². The number of benzene rings is 2. The average molecular weight is 515 g/mol. The van der Waals surface area contributed by atoms with E-state index in [9.17, 15) is 29.7 Å². The van der Waals surface area contributed by atoms with E-state index in [2.05, 4.69) is 19.1 Å². The lowest BCUT2D eigenvalue weighted by molar-refractivity contribution is -0.131. The van der Waals surface area contributed by atoms with E-state index in [1.807, 2.05) is 18.2 Å². The van der Waals surface area contributed by atoms with Crippen LogP contribution in [-0.2, 0) is 22.4 Å². The Labute approximate surface area is 222 Å². The lowest BCUT2D eigenvalue weighted by Gasteiger charge is -2.47. The number of allylic oxidation sites excluding steroid dienone is 4. The first-order valence-corrected chi connectivity index (χ1v) is 13.5. The zero-order valence-electron chi connectivity index (χ0n) is 22.1. The summed E-state index contributed by atoms with van der Waals surface area (Å²) in [6.07, 6.45) is 5.40. The number of aliphatic hydroxyl groups excluding tert-OH is 2. The third kappa shape index (κ3) is 3.89. The molecule has 0 saturated carbocycles. The topological polar surface area (TPSA) is 112 Å². The number of carbonyl (C=O) groups is 3. The predicted octanol–water partition coefficient (Wildman–Crippen LogP) is 6.36. The Hall–Kier alpha value is -3.67. The molecule has 0 heterocycles. The van der Waals surface area contributed by atoms with Gasteiger partial charge < -0.3 is 15.3 Å². The minimum Gasteiger partial charge on any atom is -0.511 e. The summed E-state index contributed by atoms with van der Waals surface area (Å²) < 4.78 is 0. The van der Waals surface area contributed by atoms with E-state index in [1.165, 1.54) is 31.4 Å². The van der Waals surface area contributed by atoms with Gasteiger partial charge >= 0.3 is 0 Å². The Morgan fingerprint density at radius 3 is 2.37 bits per heavy atom. The van der Waals surface area contributed by atoms with Crippen molar-refractivity contribution in [2.24, 2.45) is 17.3 Å². The highest BCUT2D eigenvalue weighted by Gasteiger charge is 2.57. The van der Waals surface area contributed by atoms with Gasteiger partial charge in [0.25, 0.3) is 0 Å². The molecule has 3 atom stereocenters. The minimum absolute atomic E-state index is 0.0818. The second-order valence-corrected chi connectivity index (χ2v) is 11.2. The van der Waals surface area contributed by atoms with Gasteiger partial charge in [-0.1, -0.05) is 50.1 Å². The van der Waals surface area contributed by atoms with Crippen molar-refractivity contribution in [1.82, 2.24) is 0 Å². The van der Waals surface area contributed by atoms with E-state index in [0.29, 0.717) is 12.8 Å². The van der Waals surface area contributed by atoms with Crippen LogP contribution in [0.5, 0.6) is 5.75 Å². The highest BCUT2D eigenvalue weighted by molar-refractivity contribution is 6.23. The van der Waals surface area contributed by atoms with Gasteiger partial charge in [0.1, 0.15) is 17.3 Å². The maximum Gasteiger partial charge on any atom is 0.196 e. The molecule has 0 bridgehead atoms. The van der Waals surface area contributed by atoms with Crippen LogP contribution in [0.1, 0.15) is 74.4 Å². The van der Waals surface area contributed by atoms with Crippen molar-refractivity contribution in [3.8, 4) is 16.9 Å². The fourth-order valence-electron chi connectivity index (χ4n) is 6.69. The molecule has 6 heteroatoms. The summed E-state index contributed by atoms with van der Waals surface area (Å²) in [5.41, 5.74) is 2.30. The molecule has 0 amide bonds. The normalized spacial score (nSPS) is 24.7. The number of Topliss-reactive ketones (excluding diaryl/α,β-unsaturated/α-hetero) is 3. The van der Waals surface area contributed by atoms with Gasteiger partial charge in [0.05, 0.1) is 16.6 Å². The monoisotopic (exact) mass is 514 g/mol. The van der Waals surface area contributed by atoms with Crippen LogP contribution in [0.2, 0.25) is 0 Å². The molecule has 5 rings (SSSR count). The van der Waals surface area contributed by atoms with Gasteiger partial charge in [-0.3, -0.25) is 14.4 Å². The maximum atomic E-state index is 13.9. The third-order valence-corrected chi connectivity index (χ3v) is 8.87. The molecule has 2 aromatic carbocycles. The molecule has 3 aliphatic rings. The summed E-state index contributed by atoms with van der Waals surface area (Å²) >= 11 is 0. The standard InChI is InChI=1S/C32H34O6/c1-4-5-6-7-18-8-10-19(11-9-18)22-12-13-24(34)28-23(22)15-20-14-21-16-25(35)26(17(2)33)30(37)32(21,3)31(38)27(20)29(28)36/h8-13,20-21,34-35,38H,4-7,14-16H2,1-3H3/t20-,21+,32+/m0/s1. The molecule has 0 fully saturated rings. The Balaban J connectivity index is 1.57. The van der Waals surface area contributed by atoms with Crippen molar-refractivity contribution in [3.63, 3.8) is 0 Å². The van der Waals surface area contributed by atoms with Crippen molar-refractivity contribution in [2.45, 2.75) is 65.7 Å². The van der Waals surface area contributed by atoms with Crippen LogP contribution in [0.4, 0.5) is 0 Å². The summed E-state index contributed by atoms with van der Waals surface area (Å²) in [5, 5.41) is 32.7. The molecule has 38 heavy (non-hydrogen) atoms. The zero-order valence-corrected chi connectivity index (χ0v) is 22.1. The number of unbranched alkanes of at least 4 members (excludes halogenated alkanes) is 2. The van der Waals surface area contributed by atoms with E-state index in [4.69, 9.17) is 0 Å². The zero-order chi connectivity index (χ0) is 27.4. The number of rotatable bonds is 6. The van der Waals surface area contributed by atoms with Crippen LogP contribution < -0.4 is 0 Å². The van der Waals surface area contributed by atoms with Gasteiger partial charge in [-0.25, -0.2) is 0 Å². The number of phenols is 1.